The second-order valence-corrected chi connectivity index (χ2v) is 11.7. The van der Waals surface area contributed by atoms with Gasteiger partial charge in [0, 0.05) is 18.8 Å². The molecule has 2 aromatic carbocycles. The summed E-state index contributed by atoms with van der Waals surface area (Å²) in [6.07, 6.45) is 2.72. The van der Waals surface area contributed by atoms with E-state index < -0.39 is 40.0 Å². The minimum Gasteiger partial charge on any atom is -0.325 e. The van der Waals surface area contributed by atoms with Crippen LogP contribution in [0, 0.1) is 0 Å². The highest BCUT2D eigenvalue weighted by molar-refractivity contribution is 7.89. The molecule has 2 heterocycles. The highest BCUT2D eigenvalue weighted by Crippen LogP contribution is 2.30. The number of imide groups is 1. The maximum Gasteiger partial charge on any atom is 0.325 e. The Balaban J connectivity index is 1.41. The Bertz CT molecular complexity index is 1250. The van der Waals surface area contributed by atoms with E-state index in [9.17, 15) is 22.8 Å². The Morgan fingerprint density at radius 2 is 1.61 bits per heavy atom. The fourth-order valence-corrected chi connectivity index (χ4v) is 6.06. The van der Waals surface area contributed by atoms with Crippen LogP contribution in [0.1, 0.15) is 57.1 Å². The minimum atomic E-state index is -3.57. The molecule has 0 spiro atoms. The van der Waals surface area contributed by atoms with Crippen molar-refractivity contribution in [1.29, 1.82) is 0 Å². The molecular weight excluding hydrogens is 480 g/mol. The molecule has 4 amide bonds. The van der Waals surface area contributed by atoms with Gasteiger partial charge in [-0.3, -0.25) is 14.5 Å². The van der Waals surface area contributed by atoms with Gasteiger partial charge in [0.2, 0.25) is 15.9 Å². The molecule has 1 atom stereocenters. The molecule has 2 aromatic rings. The number of piperidine rings is 1. The van der Waals surface area contributed by atoms with E-state index in [-0.39, 0.29) is 4.90 Å². The summed E-state index contributed by atoms with van der Waals surface area (Å²) in [4.78, 5) is 39.4. The summed E-state index contributed by atoms with van der Waals surface area (Å²) in [5, 5.41) is 5.34. The zero-order valence-electron chi connectivity index (χ0n) is 20.8. The van der Waals surface area contributed by atoms with Crippen LogP contribution in [0.3, 0.4) is 0 Å². The van der Waals surface area contributed by atoms with Crippen molar-refractivity contribution in [2.75, 3.05) is 25.0 Å². The molecule has 0 radical (unpaired) electrons. The van der Waals surface area contributed by atoms with Gasteiger partial charge in [0.25, 0.3) is 5.91 Å². The third kappa shape index (κ3) is 5.01. The standard InChI is InChI=1S/C26H32N4O5S/c1-18(2)19-7-9-20(10-8-19)26(3)24(32)30(25(33)28-26)17-23(31)27-21-11-13-22(14-12-21)36(34,35)29-15-5-4-6-16-29/h7-14,18H,4-6,15-17H2,1-3H3,(H,27,31)(H,28,33). The van der Waals surface area contributed by atoms with Crippen molar-refractivity contribution in [3.63, 3.8) is 0 Å². The molecule has 0 saturated carbocycles. The number of hydrogen-bond acceptors (Lipinski definition) is 5. The van der Waals surface area contributed by atoms with Crippen molar-refractivity contribution in [2.24, 2.45) is 0 Å². The molecule has 0 aromatic heterocycles. The molecule has 2 saturated heterocycles. The van der Waals surface area contributed by atoms with Crippen LogP contribution in [0.2, 0.25) is 0 Å². The van der Waals surface area contributed by atoms with Crippen LogP contribution in [0.25, 0.3) is 0 Å². The predicted molar refractivity (Wildman–Crippen MR) is 136 cm³/mol. The quantitative estimate of drug-likeness (QED) is 0.552. The van der Waals surface area contributed by atoms with E-state index in [2.05, 4.69) is 24.5 Å². The highest BCUT2D eigenvalue weighted by Gasteiger charge is 2.49. The second-order valence-electron chi connectivity index (χ2n) is 9.76. The van der Waals surface area contributed by atoms with Crippen molar-refractivity contribution in [2.45, 2.75) is 56.4 Å². The monoisotopic (exact) mass is 512 g/mol. The number of amides is 4. The van der Waals surface area contributed by atoms with Gasteiger partial charge in [-0.15, -0.1) is 0 Å². The fraction of sp³-hybridized carbons (Fsp3) is 0.423. The fourth-order valence-electron chi connectivity index (χ4n) is 4.55. The van der Waals surface area contributed by atoms with Gasteiger partial charge in [-0.05, 0) is 61.1 Å². The third-order valence-electron chi connectivity index (χ3n) is 6.82. The summed E-state index contributed by atoms with van der Waals surface area (Å²) in [6, 6.07) is 12.7. The summed E-state index contributed by atoms with van der Waals surface area (Å²) in [7, 11) is -3.57. The largest absolute Gasteiger partial charge is 0.325 e. The van der Waals surface area contributed by atoms with Gasteiger partial charge >= 0.3 is 6.03 Å². The van der Waals surface area contributed by atoms with Crippen LogP contribution < -0.4 is 10.6 Å². The van der Waals surface area contributed by atoms with E-state index in [1.54, 1.807) is 6.92 Å². The lowest BCUT2D eigenvalue weighted by atomic mass is 9.90. The van der Waals surface area contributed by atoms with Gasteiger partial charge in [-0.25, -0.2) is 13.2 Å². The number of anilines is 1. The summed E-state index contributed by atoms with van der Waals surface area (Å²) >= 11 is 0. The van der Waals surface area contributed by atoms with Crippen LogP contribution in [-0.2, 0) is 25.2 Å². The number of sulfonamides is 1. The number of hydrogen-bond donors (Lipinski definition) is 2. The second kappa shape index (κ2) is 10.0. The Morgan fingerprint density at radius 3 is 2.19 bits per heavy atom. The molecule has 2 fully saturated rings. The SMILES string of the molecule is CC(C)c1ccc(C2(C)NC(=O)N(CC(=O)Nc3ccc(S(=O)(=O)N4CCCCC4)cc3)C2=O)cc1. The first-order valence-electron chi connectivity index (χ1n) is 12.2. The first kappa shape index (κ1) is 25.8. The maximum atomic E-state index is 13.1. The molecule has 2 aliphatic rings. The molecule has 1 unspecified atom stereocenters. The topological polar surface area (TPSA) is 116 Å². The molecule has 192 valence electrons. The van der Waals surface area contributed by atoms with Gasteiger partial charge in [0.1, 0.15) is 12.1 Å². The summed E-state index contributed by atoms with van der Waals surface area (Å²) in [6.45, 7) is 6.32. The Labute approximate surface area is 211 Å². The number of urea groups is 1. The first-order chi connectivity index (χ1) is 17.0. The molecule has 4 rings (SSSR count). The average Bonchev–Trinajstić information content (AvgIpc) is 3.08. The zero-order valence-corrected chi connectivity index (χ0v) is 21.6. The van der Waals surface area contributed by atoms with E-state index in [0.29, 0.717) is 30.3 Å². The first-order valence-corrected chi connectivity index (χ1v) is 13.6. The van der Waals surface area contributed by atoms with Crippen LogP contribution in [-0.4, -0.2) is 55.1 Å². The van der Waals surface area contributed by atoms with Crippen molar-refractivity contribution < 1.29 is 22.8 Å². The van der Waals surface area contributed by atoms with E-state index in [1.807, 2.05) is 24.3 Å². The Hall–Kier alpha value is -3.24. The number of benzene rings is 2. The number of rotatable bonds is 7. The van der Waals surface area contributed by atoms with Gasteiger partial charge in [-0.2, -0.15) is 4.31 Å². The Morgan fingerprint density at radius 1 is 1.00 bits per heavy atom. The zero-order chi connectivity index (χ0) is 26.1. The number of carbonyl (C=O) groups is 3. The smallest absolute Gasteiger partial charge is 0.325 e. The van der Waals surface area contributed by atoms with Crippen LogP contribution in [0.5, 0.6) is 0 Å². The number of nitrogens with zero attached hydrogens (tertiary/aromatic N) is 2. The third-order valence-corrected chi connectivity index (χ3v) is 8.74. The van der Waals surface area contributed by atoms with E-state index in [0.717, 1.165) is 29.7 Å². The van der Waals surface area contributed by atoms with Crippen molar-refractivity contribution in [3.8, 4) is 0 Å². The van der Waals surface area contributed by atoms with Gasteiger partial charge in [0.05, 0.1) is 4.90 Å². The lowest BCUT2D eigenvalue weighted by Crippen LogP contribution is -2.42. The van der Waals surface area contributed by atoms with Crippen LogP contribution in [0.4, 0.5) is 10.5 Å². The molecule has 10 heteroatoms. The number of carbonyl (C=O) groups excluding carboxylic acids is 3. The number of nitrogens with one attached hydrogen (secondary N) is 2. The molecule has 0 aliphatic carbocycles. The molecule has 36 heavy (non-hydrogen) atoms. The van der Waals surface area contributed by atoms with Gasteiger partial charge < -0.3 is 10.6 Å². The van der Waals surface area contributed by atoms with Crippen molar-refractivity contribution in [3.05, 3.63) is 59.7 Å². The van der Waals surface area contributed by atoms with Crippen LogP contribution in [0.15, 0.2) is 53.4 Å². The van der Waals surface area contributed by atoms with Crippen molar-refractivity contribution in [1.82, 2.24) is 14.5 Å². The maximum absolute atomic E-state index is 13.1. The van der Waals surface area contributed by atoms with Crippen LogP contribution >= 0.6 is 0 Å². The molecule has 9 nitrogen and oxygen atoms in total. The molecule has 0 bridgehead atoms. The lowest BCUT2D eigenvalue weighted by molar-refractivity contribution is -0.133. The van der Waals surface area contributed by atoms with E-state index >= 15 is 0 Å². The predicted octanol–water partition coefficient (Wildman–Crippen LogP) is 3.39. The summed E-state index contributed by atoms with van der Waals surface area (Å²) in [5.74, 6) is -0.743. The molecule has 2 aliphatic heterocycles. The van der Waals surface area contributed by atoms with E-state index in [1.165, 1.54) is 28.6 Å². The normalized spacial score (nSPS) is 21.1. The Kier molecular flexibility index (Phi) is 7.19. The highest BCUT2D eigenvalue weighted by atomic mass is 32.2. The van der Waals surface area contributed by atoms with Gasteiger partial charge in [-0.1, -0.05) is 44.5 Å². The summed E-state index contributed by atoms with van der Waals surface area (Å²) in [5.41, 5.74) is 0.859. The average molecular weight is 513 g/mol. The van der Waals surface area contributed by atoms with E-state index in [4.69, 9.17) is 0 Å². The van der Waals surface area contributed by atoms with Gasteiger partial charge in [0.15, 0.2) is 0 Å². The summed E-state index contributed by atoms with van der Waals surface area (Å²) < 4.78 is 27.1. The molecular formula is C26H32N4O5S. The lowest BCUT2D eigenvalue weighted by Gasteiger charge is -2.25. The van der Waals surface area contributed by atoms with Crippen molar-refractivity contribution >= 4 is 33.6 Å². The molecule has 2 N–H and O–H groups in total. The minimum absolute atomic E-state index is 0.163.